The lowest BCUT2D eigenvalue weighted by atomic mass is 10.1. The highest BCUT2D eigenvalue weighted by Crippen LogP contribution is 2.23. The molecule has 0 saturated carbocycles. The fourth-order valence-corrected chi connectivity index (χ4v) is 4.23. The zero-order valence-corrected chi connectivity index (χ0v) is 19.2. The molecule has 0 spiro atoms. The fraction of sp³-hybridized carbons (Fsp3) is 0.231. The van der Waals surface area contributed by atoms with E-state index in [1.165, 1.54) is 0 Å². The summed E-state index contributed by atoms with van der Waals surface area (Å²) in [5.74, 6) is 0.934. The van der Waals surface area contributed by atoms with Crippen molar-refractivity contribution in [2.45, 2.75) is 32.2 Å². The lowest BCUT2D eigenvalue weighted by Crippen LogP contribution is -2.24. The molecule has 0 saturated heterocycles. The highest BCUT2D eigenvalue weighted by molar-refractivity contribution is 6.33. The lowest BCUT2D eigenvalue weighted by molar-refractivity contribution is 0.0953. The first kappa shape index (κ1) is 22.4. The molecule has 0 bridgehead atoms. The number of para-hydroxylation sites is 2. The maximum absolute atomic E-state index is 12.2. The monoisotopic (exact) mass is 465 g/mol. The van der Waals surface area contributed by atoms with Gasteiger partial charge in [0.05, 0.1) is 28.2 Å². The molecule has 4 aromatic rings. The van der Waals surface area contributed by atoms with Crippen LogP contribution in [-0.4, -0.2) is 22.0 Å². The van der Waals surface area contributed by atoms with Crippen molar-refractivity contribution < 1.29 is 4.79 Å². The molecule has 0 aliphatic heterocycles. The van der Waals surface area contributed by atoms with Gasteiger partial charge in [0.2, 0.25) is 0 Å². The molecule has 4 nitrogen and oxygen atoms in total. The molecule has 0 radical (unpaired) electrons. The first-order chi connectivity index (χ1) is 15.6. The third kappa shape index (κ3) is 5.32. The zero-order valence-electron chi connectivity index (χ0n) is 17.7. The van der Waals surface area contributed by atoms with Crippen LogP contribution in [0.4, 0.5) is 0 Å². The van der Waals surface area contributed by atoms with Gasteiger partial charge in [0.15, 0.2) is 0 Å². The van der Waals surface area contributed by atoms with Gasteiger partial charge >= 0.3 is 0 Å². The van der Waals surface area contributed by atoms with Gasteiger partial charge in [-0.15, -0.1) is 0 Å². The van der Waals surface area contributed by atoms with E-state index >= 15 is 0 Å². The van der Waals surface area contributed by atoms with Gasteiger partial charge in [-0.3, -0.25) is 4.79 Å². The van der Waals surface area contributed by atoms with E-state index in [0.29, 0.717) is 23.7 Å². The summed E-state index contributed by atoms with van der Waals surface area (Å²) >= 11 is 12.5. The molecule has 6 heteroatoms. The van der Waals surface area contributed by atoms with Gasteiger partial charge in [-0.25, -0.2) is 4.98 Å². The third-order valence-corrected chi connectivity index (χ3v) is 6.20. The molecular weight excluding hydrogens is 441 g/mol. The number of amides is 1. The fourth-order valence-electron chi connectivity index (χ4n) is 3.82. The predicted molar refractivity (Wildman–Crippen MR) is 132 cm³/mol. The maximum atomic E-state index is 12.2. The summed E-state index contributed by atoms with van der Waals surface area (Å²) in [4.78, 5) is 17.1. The summed E-state index contributed by atoms with van der Waals surface area (Å²) in [5, 5.41) is 4.19. The van der Waals surface area contributed by atoms with E-state index in [1.54, 1.807) is 12.1 Å². The molecule has 0 aliphatic rings. The summed E-state index contributed by atoms with van der Waals surface area (Å²) in [5.41, 5.74) is 3.72. The molecule has 1 amide bonds. The highest BCUT2D eigenvalue weighted by Gasteiger charge is 2.12. The molecule has 4 rings (SSSR count). The van der Waals surface area contributed by atoms with E-state index in [4.69, 9.17) is 28.2 Å². The van der Waals surface area contributed by atoms with Crippen molar-refractivity contribution in [1.29, 1.82) is 0 Å². The molecule has 0 fully saturated rings. The van der Waals surface area contributed by atoms with E-state index in [0.717, 1.165) is 53.1 Å². The van der Waals surface area contributed by atoms with Crippen molar-refractivity contribution in [3.8, 4) is 0 Å². The van der Waals surface area contributed by atoms with Gasteiger partial charge < -0.3 is 9.88 Å². The summed E-state index contributed by atoms with van der Waals surface area (Å²) in [6.45, 7) is 1.32. The number of fused-ring (bicyclic) bond motifs is 1. The minimum atomic E-state index is -0.128. The van der Waals surface area contributed by atoms with Crippen LogP contribution >= 0.6 is 23.2 Å². The van der Waals surface area contributed by atoms with Crippen LogP contribution in [0.15, 0.2) is 72.8 Å². The van der Waals surface area contributed by atoms with Gasteiger partial charge in [0.25, 0.3) is 5.91 Å². The van der Waals surface area contributed by atoms with Crippen LogP contribution in [0.3, 0.4) is 0 Å². The topological polar surface area (TPSA) is 46.9 Å². The van der Waals surface area contributed by atoms with Crippen molar-refractivity contribution >= 4 is 40.1 Å². The smallest absolute Gasteiger partial charge is 0.252 e. The predicted octanol–water partition coefficient (Wildman–Crippen LogP) is 6.53. The van der Waals surface area contributed by atoms with Crippen molar-refractivity contribution in [1.82, 2.24) is 14.9 Å². The summed E-state index contributed by atoms with van der Waals surface area (Å²) in [7, 11) is 0. The number of halogens is 2. The normalized spacial score (nSPS) is 11.1. The second-order valence-corrected chi connectivity index (χ2v) is 8.56. The standard InChI is InChI=1S/C26H25Cl2N3O/c27-21-12-5-3-10-19(21)18-31-24-15-8-7-14-23(24)30-25(31)16-2-1-9-17-29-26(32)20-11-4-6-13-22(20)28/h3-8,10-15H,1-2,9,16-18H2,(H,29,32). The number of nitrogens with one attached hydrogen (secondary N) is 1. The number of unbranched alkanes of at least 4 members (excludes halogenated alkanes) is 2. The van der Waals surface area contributed by atoms with Gasteiger partial charge in [0, 0.05) is 18.0 Å². The second kappa shape index (κ2) is 10.7. The Labute approximate surface area is 198 Å². The van der Waals surface area contributed by atoms with Gasteiger partial charge in [-0.05, 0) is 48.7 Å². The Bertz CT molecular complexity index is 1220. The summed E-state index contributed by atoms with van der Waals surface area (Å²) < 4.78 is 2.26. The molecule has 1 heterocycles. The quantitative estimate of drug-likeness (QED) is 0.285. The number of carbonyl (C=O) groups excluding carboxylic acids is 1. The summed E-state index contributed by atoms with van der Waals surface area (Å²) in [6, 6.07) is 23.2. The highest BCUT2D eigenvalue weighted by atomic mass is 35.5. The van der Waals surface area contributed by atoms with E-state index in [9.17, 15) is 4.79 Å². The number of aryl methyl sites for hydroxylation is 1. The lowest BCUT2D eigenvalue weighted by Gasteiger charge is -2.11. The molecule has 1 aromatic heterocycles. The number of nitrogens with zero attached hydrogens (tertiary/aromatic N) is 2. The van der Waals surface area contributed by atoms with Crippen LogP contribution < -0.4 is 5.32 Å². The van der Waals surface area contributed by atoms with Crippen LogP contribution in [0, 0.1) is 0 Å². The van der Waals surface area contributed by atoms with Crippen LogP contribution in [0.2, 0.25) is 10.0 Å². The van der Waals surface area contributed by atoms with Gasteiger partial charge in [-0.1, -0.05) is 72.1 Å². The zero-order chi connectivity index (χ0) is 22.3. The number of rotatable bonds is 9. The minimum absolute atomic E-state index is 0.128. The maximum Gasteiger partial charge on any atom is 0.252 e. The molecule has 0 atom stereocenters. The average Bonchev–Trinajstić information content (AvgIpc) is 3.15. The summed E-state index contributed by atoms with van der Waals surface area (Å²) in [6.07, 6.45) is 3.77. The van der Waals surface area contributed by atoms with Crippen molar-refractivity contribution in [3.63, 3.8) is 0 Å². The third-order valence-electron chi connectivity index (χ3n) is 5.50. The molecule has 0 aliphatic carbocycles. The Kier molecular flexibility index (Phi) is 7.46. The van der Waals surface area contributed by atoms with E-state index < -0.39 is 0 Å². The molecule has 0 unspecified atom stereocenters. The number of imidazole rings is 1. The number of benzene rings is 3. The van der Waals surface area contributed by atoms with E-state index in [1.807, 2.05) is 48.5 Å². The first-order valence-electron chi connectivity index (χ1n) is 10.8. The van der Waals surface area contributed by atoms with Crippen molar-refractivity contribution in [3.05, 3.63) is 99.8 Å². The molecule has 1 N–H and O–H groups in total. The van der Waals surface area contributed by atoms with E-state index in [2.05, 4.69) is 22.0 Å². The largest absolute Gasteiger partial charge is 0.352 e. The SMILES string of the molecule is O=C(NCCCCCc1nc2ccccc2n1Cc1ccccc1Cl)c1ccccc1Cl. The molecule has 164 valence electrons. The number of aromatic nitrogens is 2. The van der Waals surface area contributed by atoms with Crippen molar-refractivity contribution in [2.24, 2.45) is 0 Å². The van der Waals surface area contributed by atoms with Crippen molar-refractivity contribution in [2.75, 3.05) is 6.54 Å². The molecule has 32 heavy (non-hydrogen) atoms. The number of hydrogen-bond acceptors (Lipinski definition) is 2. The Hall–Kier alpha value is -2.82. The molecule has 3 aromatic carbocycles. The van der Waals surface area contributed by atoms with E-state index in [-0.39, 0.29) is 5.91 Å². The number of carbonyl (C=O) groups is 1. The Morgan fingerprint density at radius 2 is 1.56 bits per heavy atom. The Morgan fingerprint density at radius 1 is 0.844 bits per heavy atom. The average molecular weight is 466 g/mol. The van der Waals surface area contributed by atoms with Crippen LogP contribution in [0.1, 0.15) is 41.0 Å². The Morgan fingerprint density at radius 3 is 2.38 bits per heavy atom. The Balaban J connectivity index is 1.34. The van der Waals surface area contributed by atoms with Crippen LogP contribution in [-0.2, 0) is 13.0 Å². The number of hydrogen-bond donors (Lipinski definition) is 1. The van der Waals surface area contributed by atoms with Gasteiger partial charge in [-0.2, -0.15) is 0 Å². The molecular formula is C26H25Cl2N3O. The minimum Gasteiger partial charge on any atom is -0.352 e. The van der Waals surface area contributed by atoms with Crippen LogP contribution in [0.5, 0.6) is 0 Å². The second-order valence-electron chi connectivity index (χ2n) is 7.74. The van der Waals surface area contributed by atoms with Crippen LogP contribution in [0.25, 0.3) is 11.0 Å². The first-order valence-corrected chi connectivity index (χ1v) is 11.6. The van der Waals surface area contributed by atoms with Gasteiger partial charge in [0.1, 0.15) is 5.82 Å².